The van der Waals surface area contributed by atoms with E-state index in [1.165, 1.54) is 36.4 Å². The first kappa shape index (κ1) is 20.2. The molecule has 3 aromatic rings. The van der Waals surface area contributed by atoms with Crippen LogP contribution < -0.4 is 10.0 Å². The lowest BCUT2D eigenvalue weighted by Gasteiger charge is -2.19. The normalized spacial score (nSPS) is 15.0. The third kappa shape index (κ3) is 4.42. The van der Waals surface area contributed by atoms with Crippen LogP contribution in [-0.4, -0.2) is 29.9 Å². The van der Waals surface area contributed by atoms with E-state index in [0.29, 0.717) is 17.0 Å². The van der Waals surface area contributed by atoms with E-state index in [0.717, 1.165) is 12.8 Å². The molecule has 1 atom stereocenters. The summed E-state index contributed by atoms with van der Waals surface area (Å²) in [5.74, 6) is -0.186. The van der Waals surface area contributed by atoms with Crippen molar-refractivity contribution >= 4 is 15.9 Å². The second-order valence-electron chi connectivity index (χ2n) is 7.27. The van der Waals surface area contributed by atoms with Crippen LogP contribution in [0.5, 0.6) is 0 Å². The van der Waals surface area contributed by atoms with Crippen LogP contribution in [0.2, 0.25) is 0 Å². The van der Waals surface area contributed by atoms with Gasteiger partial charge >= 0.3 is 0 Å². The third-order valence-electron chi connectivity index (χ3n) is 4.92. The maximum absolute atomic E-state index is 13.4. The van der Waals surface area contributed by atoms with Gasteiger partial charge in [0.15, 0.2) is 0 Å². The summed E-state index contributed by atoms with van der Waals surface area (Å²) < 4.78 is 42.3. The first-order valence-corrected chi connectivity index (χ1v) is 11.0. The predicted molar refractivity (Wildman–Crippen MR) is 109 cm³/mol. The smallest absolute Gasteiger partial charge is 0.252 e. The standard InChI is InChI=1S/C21H21FN4O3S/c1-26-13-12-23-20(26)19(14-2-6-16(22)7-3-14)24-21(27)15-4-10-18(11-5-15)30(28,29)25-17-8-9-17/h2-7,10-13,17,19,25H,8-9H2,1H3,(H,24,27)/t19-/m0/s1. The summed E-state index contributed by atoms with van der Waals surface area (Å²) in [7, 11) is -1.78. The van der Waals surface area contributed by atoms with Crippen molar-refractivity contribution in [2.75, 3.05) is 0 Å². The summed E-state index contributed by atoms with van der Waals surface area (Å²) in [6.07, 6.45) is 5.06. The summed E-state index contributed by atoms with van der Waals surface area (Å²) in [5.41, 5.74) is 0.980. The first-order chi connectivity index (χ1) is 14.3. The number of hydrogen-bond donors (Lipinski definition) is 2. The number of aryl methyl sites for hydroxylation is 1. The molecule has 0 saturated heterocycles. The fourth-order valence-corrected chi connectivity index (χ4v) is 4.40. The molecule has 1 aliphatic rings. The topological polar surface area (TPSA) is 93.1 Å². The molecule has 1 aliphatic carbocycles. The summed E-state index contributed by atoms with van der Waals surface area (Å²) in [6, 6.07) is 11.0. The third-order valence-corrected chi connectivity index (χ3v) is 6.46. The molecule has 1 amide bonds. The Morgan fingerprint density at radius 1 is 1.13 bits per heavy atom. The number of benzene rings is 2. The largest absolute Gasteiger partial charge is 0.338 e. The second-order valence-corrected chi connectivity index (χ2v) is 8.99. The molecule has 0 radical (unpaired) electrons. The van der Waals surface area contributed by atoms with Crippen molar-refractivity contribution in [1.29, 1.82) is 0 Å². The summed E-state index contributed by atoms with van der Waals surface area (Å²) >= 11 is 0. The van der Waals surface area contributed by atoms with Crippen molar-refractivity contribution in [2.45, 2.75) is 29.8 Å². The fraction of sp³-hybridized carbons (Fsp3) is 0.238. The summed E-state index contributed by atoms with van der Waals surface area (Å²) in [4.78, 5) is 17.3. The van der Waals surface area contributed by atoms with E-state index in [1.54, 1.807) is 36.1 Å². The van der Waals surface area contributed by atoms with Crippen molar-refractivity contribution in [3.63, 3.8) is 0 Å². The Morgan fingerprint density at radius 3 is 2.37 bits per heavy atom. The zero-order chi connectivity index (χ0) is 21.3. The van der Waals surface area contributed by atoms with Crippen molar-refractivity contribution < 1.29 is 17.6 Å². The Morgan fingerprint density at radius 2 is 1.80 bits per heavy atom. The fourth-order valence-electron chi connectivity index (χ4n) is 3.10. The number of halogens is 1. The van der Waals surface area contributed by atoms with Gasteiger partial charge in [0, 0.05) is 31.0 Å². The predicted octanol–water partition coefficient (Wildman–Crippen LogP) is 2.52. The molecule has 0 aliphatic heterocycles. The molecule has 0 unspecified atom stereocenters. The molecule has 2 N–H and O–H groups in total. The van der Waals surface area contributed by atoms with Gasteiger partial charge in [0.05, 0.1) is 4.90 Å². The molecular formula is C21H21FN4O3S. The van der Waals surface area contributed by atoms with E-state index in [4.69, 9.17) is 0 Å². The monoisotopic (exact) mass is 428 g/mol. The molecule has 1 fully saturated rings. The molecule has 1 heterocycles. The molecule has 1 saturated carbocycles. The van der Waals surface area contributed by atoms with Crippen molar-refractivity contribution in [1.82, 2.24) is 19.6 Å². The minimum absolute atomic E-state index is 0.00669. The maximum atomic E-state index is 13.4. The highest BCUT2D eigenvalue weighted by atomic mass is 32.2. The molecular weight excluding hydrogens is 407 g/mol. The molecule has 1 aromatic heterocycles. The van der Waals surface area contributed by atoms with Crippen molar-refractivity contribution in [2.24, 2.45) is 7.05 Å². The number of hydrogen-bond acceptors (Lipinski definition) is 4. The van der Waals surface area contributed by atoms with E-state index in [9.17, 15) is 17.6 Å². The number of amides is 1. The van der Waals surface area contributed by atoms with Crippen LogP contribution in [0.15, 0.2) is 65.8 Å². The molecule has 4 rings (SSSR count). The van der Waals surface area contributed by atoms with Crippen LogP contribution in [-0.2, 0) is 17.1 Å². The van der Waals surface area contributed by atoms with E-state index in [1.807, 2.05) is 0 Å². The minimum atomic E-state index is -3.58. The molecule has 9 heteroatoms. The highest BCUT2D eigenvalue weighted by Crippen LogP contribution is 2.23. The number of aromatic nitrogens is 2. The van der Waals surface area contributed by atoms with Crippen LogP contribution in [0.4, 0.5) is 4.39 Å². The van der Waals surface area contributed by atoms with Gasteiger partial charge in [-0.2, -0.15) is 0 Å². The lowest BCUT2D eigenvalue weighted by Crippen LogP contribution is -2.31. The minimum Gasteiger partial charge on any atom is -0.338 e. The van der Waals surface area contributed by atoms with Crippen LogP contribution in [0.1, 0.15) is 40.6 Å². The van der Waals surface area contributed by atoms with Gasteiger partial charge < -0.3 is 9.88 Å². The molecule has 156 valence electrons. The van der Waals surface area contributed by atoms with Gasteiger partial charge in [0.25, 0.3) is 5.91 Å². The molecule has 2 aromatic carbocycles. The number of sulfonamides is 1. The highest BCUT2D eigenvalue weighted by molar-refractivity contribution is 7.89. The number of rotatable bonds is 7. The van der Waals surface area contributed by atoms with E-state index < -0.39 is 22.0 Å². The average Bonchev–Trinajstić information content (AvgIpc) is 3.43. The first-order valence-electron chi connectivity index (χ1n) is 9.49. The quantitative estimate of drug-likeness (QED) is 0.605. The molecule has 0 spiro atoms. The van der Waals surface area contributed by atoms with Gasteiger partial charge in [0.1, 0.15) is 17.7 Å². The number of nitrogens with one attached hydrogen (secondary N) is 2. The Bertz CT molecular complexity index is 1150. The number of imidazole rings is 1. The second kappa shape index (κ2) is 8.00. The summed E-state index contributed by atoms with van der Waals surface area (Å²) in [5, 5.41) is 2.90. The van der Waals surface area contributed by atoms with Crippen molar-refractivity contribution in [3.05, 3.63) is 83.7 Å². The number of carbonyl (C=O) groups excluding carboxylic acids is 1. The Labute approximate surface area is 174 Å². The highest BCUT2D eigenvalue weighted by Gasteiger charge is 2.28. The zero-order valence-electron chi connectivity index (χ0n) is 16.2. The van der Waals surface area contributed by atoms with Gasteiger partial charge in [-0.05, 0) is 54.8 Å². The molecule has 0 bridgehead atoms. The van der Waals surface area contributed by atoms with E-state index >= 15 is 0 Å². The van der Waals surface area contributed by atoms with Crippen LogP contribution in [0.3, 0.4) is 0 Å². The Balaban J connectivity index is 1.56. The molecule has 30 heavy (non-hydrogen) atoms. The van der Waals surface area contributed by atoms with Crippen LogP contribution in [0.25, 0.3) is 0 Å². The number of carbonyl (C=O) groups is 1. The maximum Gasteiger partial charge on any atom is 0.252 e. The van der Waals surface area contributed by atoms with Gasteiger partial charge in [-0.15, -0.1) is 0 Å². The molecule has 7 nitrogen and oxygen atoms in total. The lowest BCUT2D eigenvalue weighted by atomic mass is 10.1. The van der Waals surface area contributed by atoms with Gasteiger partial charge in [0.2, 0.25) is 10.0 Å². The number of nitrogens with zero attached hydrogens (tertiary/aromatic N) is 2. The van der Waals surface area contributed by atoms with E-state index in [-0.39, 0.29) is 16.8 Å². The van der Waals surface area contributed by atoms with Gasteiger partial charge in [-0.3, -0.25) is 4.79 Å². The van der Waals surface area contributed by atoms with Crippen molar-refractivity contribution in [3.8, 4) is 0 Å². The van der Waals surface area contributed by atoms with Crippen LogP contribution >= 0.6 is 0 Å². The van der Waals surface area contributed by atoms with Gasteiger partial charge in [-0.25, -0.2) is 22.5 Å². The summed E-state index contributed by atoms with van der Waals surface area (Å²) in [6.45, 7) is 0. The Kier molecular flexibility index (Phi) is 5.40. The lowest BCUT2D eigenvalue weighted by molar-refractivity contribution is 0.0941. The zero-order valence-corrected chi connectivity index (χ0v) is 17.1. The van der Waals surface area contributed by atoms with Gasteiger partial charge in [-0.1, -0.05) is 12.1 Å². The van der Waals surface area contributed by atoms with E-state index in [2.05, 4.69) is 15.0 Å². The van der Waals surface area contributed by atoms with Crippen LogP contribution in [0, 0.1) is 5.82 Å². The Hall–Kier alpha value is -3.04. The SMILES string of the molecule is Cn1ccnc1[C@@H](NC(=O)c1ccc(S(=O)(=O)NC2CC2)cc1)c1ccc(F)cc1. The average molecular weight is 428 g/mol.